The summed E-state index contributed by atoms with van der Waals surface area (Å²) in [5.41, 5.74) is 0.573. The van der Waals surface area contributed by atoms with Crippen LogP contribution in [0.3, 0.4) is 0 Å². The topological polar surface area (TPSA) is 165 Å². The predicted octanol–water partition coefficient (Wildman–Crippen LogP) is 9.05. The van der Waals surface area contributed by atoms with Gasteiger partial charge in [-0.25, -0.2) is 14.4 Å². The van der Waals surface area contributed by atoms with Gasteiger partial charge in [0.1, 0.15) is 10.2 Å². The highest BCUT2D eigenvalue weighted by Gasteiger charge is 2.54. The lowest BCUT2D eigenvalue weighted by molar-refractivity contribution is -0.0585. The molecule has 3 aromatic carbocycles. The summed E-state index contributed by atoms with van der Waals surface area (Å²) < 4.78 is 30.7. The molecule has 13 heteroatoms. The van der Waals surface area contributed by atoms with Gasteiger partial charge in [-0.3, -0.25) is 0 Å². The maximum Gasteiger partial charge on any atom is 0.335 e. The summed E-state index contributed by atoms with van der Waals surface area (Å²) in [6, 6.07) is 19.4. The number of ether oxygens (including phenoxy) is 1. The Morgan fingerprint density at radius 2 is 1.21 bits per heavy atom. The molecule has 56 heavy (non-hydrogen) atoms. The van der Waals surface area contributed by atoms with Crippen LogP contribution >= 0.6 is 11.8 Å². The summed E-state index contributed by atoms with van der Waals surface area (Å²) in [5, 5.41) is 31.8. The van der Waals surface area contributed by atoms with E-state index in [0.29, 0.717) is 36.1 Å². The highest BCUT2D eigenvalue weighted by molar-refractivity contribution is 8.00. The minimum atomic E-state index is -2.20. The van der Waals surface area contributed by atoms with Crippen LogP contribution < -0.4 is 4.72 Å². The van der Waals surface area contributed by atoms with E-state index in [9.17, 15) is 34.3 Å². The molecular formula is C43H55NO9S2Si. The molecule has 2 aliphatic rings. The van der Waals surface area contributed by atoms with Crippen LogP contribution in [0.5, 0.6) is 0 Å². The molecule has 1 saturated heterocycles. The van der Waals surface area contributed by atoms with Crippen LogP contribution in [-0.4, -0.2) is 80.3 Å². The SMILES string of the molecule is CC(C)(C)[S+]([O-])N[C@@H]1C/C=C\CC(CO[Si](C)(C)C(C)(C)C)S[C@H]2O[C@@H]1[C@H](c1ccccc1C(=O)O)[C@H](c1ccccc1C(=O)O)[C@@H]2c1ccccc1C(=O)O. The molecule has 2 aliphatic heterocycles. The third-order valence-electron chi connectivity index (χ3n) is 11.3. The van der Waals surface area contributed by atoms with Gasteiger partial charge in [-0.1, -0.05) is 87.5 Å². The Balaban J connectivity index is 1.86. The quantitative estimate of drug-likeness (QED) is 0.0829. The average Bonchev–Trinajstić information content (AvgIpc) is 3.13. The van der Waals surface area contributed by atoms with Crippen molar-refractivity contribution in [1.82, 2.24) is 4.72 Å². The molecule has 2 heterocycles. The molecule has 0 amide bonds. The van der Waals surface area contributed by atoms with Gasteiger partial charge in [0.05, 0.1) is 28.8 Å². The maximum absolute atomic E-state index is 13.9. The number of benzene rings is 3. The number of nitrogens with one attached hydrogen (secondary N) is 1. The summed E-state index contributed by atoms with van der Waals surface area (Å²) in [4.78, 5) is 39.2. The smallest absolute Gasteiger partial charge is 0.335 e. The van der Waals surface area contributed by atoms with Crippen molar-refractivity contribution >= 4 is 49.3 Å². The number of hydrogen-bond acceptors (Lipinski definition) is 8. The molecule has 0 spiro atoms. The zero-order valence-corrected chi connectivity index (χ0v) is 36.0. The Labute approximate surface area is 338 Å². The van der Waals surface area contributed by atoms with Gasteiger partial charge in [-0.15, -0.1) is 16.5 Å². The summed E-state index contributed by atoms with van der Waals surface area (Å²) in [6.07, 6.45) is 4.25. The number of rotatable bonds is 11. The van der Waals surface area contributed by atoms with Crippen molar-refractivity contribution in [3.63, 3.8) is 0 Å². The van der Waals surface area contributed by atoms with Gasteiger partial charge in [-0.05, 0) is 86.6 Å². The van der Waals surface area contributed by atoms with E-state index in [1.54, 1.807) is 54.6 Å². The van der Waals surface area contributed by atoms with Crippen LogP contribution in [0.4, 0.5) is 0 Å². The monoisotopic (exact) mass is 821 g/mol. The predicted molar refractivity (Wildman–Crippen MR) is 225 cm³/mol. The fourth-order valence-electron chi connectivity index (χ4n) is 7.35. The van der Waals surface area contributed by atoms with Gasteiger partial charge in [0.2, 0.25) is 0 Å². The van der Waals surface area contributed by atoms with E-state index >= 15 is 0 Å². The van der Waals surface area contributed by atoms with Crippen molar-refractivity contribution in [2.45, 2.75) is 118 Å². The van der Waals surface area contributed by atoms with Crippen molar-refractivity contribution in [2.24, 2.45) is 0 Å². The second kappa shape index (κ2) is 17.6. The van der Waals surface area contributed by atoms with Crippen LogP contribution in [0.15, 0.2) is 84.9 Å². The number of allylic oxidation sites excluding steroid dienone is 1. The van der Waals surface area contributed by atoms with E-state index in [0.717, 1.165) is 0 Å². The summed E-state index contributed by atoms with van der Waals surface area (Å²) in [6.45, 7) is 16.9. The summed E-state index contributed by atoms with van der Waals surface area (Å²) in [5.74, 6) is -5.95. The van der Waals surface area contributed by atoms with E-state index in [1.807, 2.05) is 26.8 Å². The zero-order valence-electron chi connectivity index (χ0n) is 33.4. The number of aromatic carboxylic acids is 3. The van der Waals surface area contributed by atoms with Crippen LogP contribution in [0.1, 0.15) is 120 Å². The summed E-state index contributed by atoms with van der Waals surface area (Å²) in [7, 11) is -2.20. The molecule has 1 fully saturated rings. The average molecular weight is 822 g/mol. The van der Waals surface area contributed by atoms with E-state index < -0.39 is 77.7 Å². The van der Waals surface area contributed by atoms with Crippen LogP contribution in [0, 0.1) is 0 Å². The minimum absolute atomic E-state index is 0.0132. The Kier molecular flexibility index (Phi) is 13.7. The highest BCUT2D eigenvalue weighted by atomic mass is 32.2. The molecule has 8 atom stereocenters. The van der Waals surface area contributed by atoms with Crippen molar-refractivity contribution in [3.05, 3.63) is 118 Å². The zero-order chi connectivity index (χ0) is 41.2. The van der Waals surface area contributed by atoms with Crippen molar-refractivity contribution in [3.8, 4) is 0 Å². The lowest BCUT2D eigenvalue weighted by Crippen LogP contribution is -2.56. The van der Waals surface area contributed by atoms with Gasteiger partial charge in [0.15, 0.2) is 8.32 Å². The molecule has 5 rings (SSSR count). The van der Waals surface area contributed by atoms with Crippen molar-refractivity contribution in [2.75, 3.05) is 6.61 Å². The van der Waals surface area contributed by atoms with Crippen LogP contribution in [0.2, 0.25) is 18.1 Å². The lowest BCUT2D eigenvalue weighted by Gasteiger charge is -2.51. The number of carboxylic acid groups (broad SMARTS) is 3. The Morgan fingerprint density at radius 1 is 0.768 bits per heavy atom. The Bertz CT molecular complexity index is 1920. The van der Waals surface area contributed by atoms with E-state index in [4.69, 9.17) is 9.16 Å². The van der Waals surface area contributed by atoms with Gasteiger partial charge < -0.3 is 29.0 Å². The number of carboxylic acids is 3. The highest BCUT2D eigenvalue weighted by Crippen LogP contribution is 2.57. The van der Waals surface area contributed by atoms with Gasteiger partial charge in [0.25, 0.3) is 0 Å². The first-order valence-electron chi connectivity index (χ1n) is 19.0. The number of hydrogen-bond donors (Lipinski definition) is 4. The number of fused-ring (bicyclic) bond motifs is 2. The van der Waals surface area contributed by atoms with Crippen LogP contribution in [0.25, 0.3) is 0 Å². The molecule has 302 valence electrons. The Morgan fingerprint density at radius 3 is 1.68 bits per heavy atom. The molecule has 4 N–H and O–H groups in total. The standard InChI is InChI=1S/C43H55NO9S2Si/c1-42(2,3)55(51)44-33-24-16-9-17-26(25-52-56(7,8)43(4,5)6)54-41-36(29-20-12-15-23-32(29)40(49)50)34(27-18-10-13-21-30(27)38(45)46)35(37(33)53-41)28-19-11-14-22-31(28)39(47)48/h9-16,18-23,26,33-37,41,44H,17,24-25H2,1-8H3,(H,45,46)(H,47,48)(H,49,50)/b16-9-/t26?,33-,34+,35-,36+,37+,41-,55?/m1/s1. The molecule has 10 nitrogen and oxygen atoms in total. The van der Waals surface area contributed by atoms with E-state index in [1.165, 1.54) is 30.0 Å². The fourth-order valence-corrected chi connectivity index (χ4v) is 10.8. The second-order valence-corrected chi connectivity index (χ2v) is 25.3. The third kappa shape index (κ3) is 9.63. The first kappa shape index (κ1) is 43.7. The van der Waals surface area contributed by atoms with Gasteiger partial charge in [0, 0.05) is 41.0 Å². The van der Waals surface area contributed by atoms with E-state index in [2.05, 4.69) is 44.7 Å². The van der Waals surface area contributed by atoms with Gasteiger partial charge in [-0.2, -0.15) is 0 Å². The van der Waals surface area contributed by atoms with Gasteiger partial charge >= 0.3 is 17.9 Å². The first-order chi connectivity index (χ1) is 26.2. The second-order valence-electron chi connectivity index (χ2n) is 17.1. The molecule has 0 aromatic heterocycles. The molecule has 0 radical (unpaired) electrons. The molecule has 2 bridgehead atoms. The van der Waals surface area contributed by atoms with Crippen molar-refractivity contribution in [1.29, 1.82) is 0 Å². The lowest BCUT2D eigenvalue weighted by atomic mass is 9.64. The third-order valence-corrected chi connectivity index (χ3v) is 18.8. The maximum atomic E-state index is 13.9. The summed E-state index contributed by atoms with van der Waals surface area (Å²) >= 11 is -0.0499. The van der Waals surface area contributed by atoms with Crippen molar-refractivity contribution < 1.29 is 43.4 Å². The van der Waals surface area contributed by atoms with E-state index in [-0.39, 0.29) is 27.0 Å². The normalized spacial score (nSPS) is 25.8. The largest absolute Gasteiger partial charge is 0.598 e. The minimum Gasteiger partial charge on any atom is -0.598 e. The van der Waals surface area contributed by atoms with Crippen LogP contribution in [-0.2, 0) is 20.5 Å². The fraction of sp³-hybridized carbons (Fsp3) is 0.465. The number of carbonyl (C=O) groups is 3. The molecule has 3 aromatic rings. The molecule has 2 unspecified atom stereocenters. The molecule has 0 saturated carbocycles. The molecule has 0 aliphatic carbocycles. The Hall–Kier alpha value is -3.43. The number of thioether (sulfide) groups is 1. The molecular weight excluding hydrogens is 767 g/mol. The first-order valence-corrected chi connectivity index (χ1v) is 24.0.